The van der Waals surface area contributed by atoms with E-state index < -0.39 is 0 Å². The van der Waals surface area contributed by atoms with Gasteiger partial charge in [-0.1, -0.05) is 6.07 Å². The molecule has 3 rings (SSSR count). The molecular formula is C15H16N4OS2. The van der Waals surface area contributed by atoms with Crippen molar-refractivity contribution in [1.29, 1.82) is 0 Å². The van der Waals surface area contributed by atoms with Gasteiger partial charge < -0.3 is 5.32 Å². The predicted molar refractivity (Wildman–Crippen MR) is 89.1 cm³/mol. The molecule has 0 fully saturated rings. The summed E-state index contributed by atoms with van der Waals surface area (Å²) in [6, 6.07) is 5.73. The Morgan fingerprint density at radius 1 is 1.36 bits per heavy atom. The number of nitrogens with zero attached hydrogens (tertiary/aromatic N) is 3. The second kappa shape index (κ2) is 6.41. The molecule has 1 amide bonds. The van der Waals surface area contributed by atoms with Gasteiger partial charge in [-0.3, -0.25) is 4.79 Å². The van der Waals surface area contributed by atoms with E-state index in [1.54, 1.807) is 11.3 Å². The highest BCUT2D eigenvalue weighted by atomic mass is 32.1. The molecule has 5 nitrogen and oxygen atoms in total. The molecule has 3 aromatic rings. The molecule has 3 heterocycles. The summed E-state index contributed by atoms with van der Waals surface area (Å²) in [6.07, 6.45) is 0.715. The zero-order chi connectivity index (χ0) is 15.5. The summed E-state index contributed by atoms with van der Waals surface area (Å²) < 4.78 is 1.85. The van der Waals surface area contributed by atoms with Crippen LogP contribution in [0.4, 0.5) is 0 Å². The Hall–Kier alpha value is -1.99. The van der Waals surface area contributed by atoms with Crippen molar-refractivity contribution < 1.29 is 4.79 Å². The number of thiophene rings is 1. The molecule has 0 radical (unpaired) electrons. The molecule has 0 aliphatic carbocycles. The summed E-state index contributed by atoms with van der Waals surface area (Å²) in [6.45, 7) is 4.57. The van der Waals surface area contributed by atoms with Crippen LogP contribution in [0.5, 0.6) is 0 Å². The van der Waals surface area contributed by atoms with Gasteiger partial charge in [0, 0.05) is 24.0 Å². The van der Waals surface area contributed by atoms with E-state index in [2.05, 4.69) is 15.4 Å². The van der Waals surface area contributed by atoms with E-state index in [0.717, 1.165) is 27.1 Å². The van der Waals surface area contributed by atoms with Gasteiger partial charge in [0.25, 0.3) is 5.91 Å². The second-order valence-corrected chi connectivity index (χ2v) is 6.73. The Kier molecular flexibility index (Phi) is 4.35. The van der Waals surface area contributed by atoms with Crippen molar-refractivity contribution in [2.75, 3.05) is 6.54 Å². The lowest BCUT2D eigenvalue weighted by Crippen LogP contribution is -2.24. The SMILES string of the molecule is Cc1cc(C)n(-c2nc(CCNC(=O)c3cccs3)cs2)n1. The van der Waals surface area contributed by atoms with E-state index in [-0.39, 0.29) is 5.91 Å². The third kappa shape index (κ3) is 3.26. The molecule has 0 aromatic carbocycles. The van der Waals surface area contributed by atoms with Crippen molar-refractivity contribution in [3.63, 3.8) is 0 Å². The number of hydrogen-bond acceptors (Lipinski definition) is 5. The summed E-state index contributed by atoms with van der Waals surface area (Å²) in [4.78, 5) is 17.2. The largest absolute Gasteiger partial charge is 0.351 e. The molecule has 0 atom stereocenters. The molecular weight excluding hydrogens is 316 g/mol. The van der Waals surface area contributed by atoms with Crippen molar-refractivity contribution in [2.45, 2.75) is 20.3 Å². The monoisotopic (exact) mass is 332 g/mol. The highest BCUT2D eigenvalue weighted by molar-refractivity contribution is 7.12. The van der Waals surface area contributed by atoms with Gasteiger partial charge in [-0.15, -0.1) is 22.7 Å². The molecule has 3 aromatic heterocycles. The standard InChI is InChI=1S/C15H16N4OS2/c1-10-8-11(2)19(18-10)15-17-12(9-22-15)5-6-16-14(20)13-4-3-7-21-13/h3-4,7-9H,5-6H2,1-2H3,(H,16,20). The van der Waals surface area contributed by atoms with Gasteiger partial charge in [-0.25, -0.2) is 9.67 Å². The average Bonchev–Trinajstić information content (AvgIpc) is 3.20. The minimum atomic E-state index is -0.0241. The highest BCUT2D eigenvalue weighted by Crippen LogP contribution is 2.17. The maximum atomic E-state index is 11.8. The van der Waals surface area contributed by atoms with E-state index in [0.29, 0.717) is 13.0 Å². The number of nitrogens with one attached hydrogen (secondary N) is 1. The fraction of sp³-hybridized carbons (Fsp3) is 0.267. The van der Waals surface area contributed by atoms with E-state index in [4.69, 9.17) is 0 Å². The fourth-order valence-corrected chi connectivity index (χ4v) is 3.64. The van der Waals surface area contributed by atoms with Crippen LogP contribution >= 0.6 is 22.7 Å². The van der Waals surface area contributed by atoms with Gasteiger partial charge in [0.15, 0.2) is 0 Å². The van der Waals surface area contributed by atoms with E-state index in [1.165, 1.54) is 11.3 Å². The van der Waals surface area contributed by atoms with Gasteiger partial charge in [0.05, 0.1) is 16.3 Å². The molecule has 0 bridgehead atoms. The van der Waals surface area contributed by atoms with Gasteiger partial charge in [0.1, 0.15) is 0 Å². The maximum absolute atomic E-state index is 11.8. The second-order valence-electron chi connectivity index (χ2n) is 4.94. The molecule has 0 unspecified atom stereocenters. The first-order valence-electron chi connectivity index (χ1n) is 6.93. The van der Waals surface area contributed by atoms with E-state index >= 15 is 0 Å². The number of hydrogen-bond donors (Lipinski definition) is 1. The third-order valence-corrected chi connectivity index (χ3v) is 4.88. The molecule has 0 saturated carbocycles. The topological polar surface area (TPSA) is 59.8 Å². The van der Waals surface area contributed by atoms with Crippen LogP contribution in [0.3, 0.4) is 0 Å². The summed E-state index contributed by atoms with van der Waals surface area (Å²) in [5, 5.41) is 12.1. The molecule has 1 N–H and O–H groups in total. The molecule has 0 saturated heterocycles. The fourth-order valence-electron chi connectivity index (χ4n) is 2.13. The van der Waals surface area contributed by atoms with Crippen molar-refractivity contribution in [1.82, 2.24) is 20.1 Å². The molecule has 114 valence electrons. The van der Waals surface area contributed by atoms with Crippen molar-refractivity contribution in [2.24, 2.45) is 0 Å². The average molecular weight is 332 g/mol. The first kappa shape index (κ1) is 14.9. The lowest BCUT2D eigenvalue weighted by molar-refractivity contribution is 0.0958. The zero-order valence-corrected chi connectivity index (χ0v) is 14.0. The van der Waals surface area contributed by atoms with Crippen LogP contribution in [-0.2, 0) is 6.42 Å². The van der Waals surface area contributed by atoms with Crippen LogP contribution in [0.15, 0.2) is 29.0 Å². The molecule has 0 spiro atoms. The van der Waals surface area contributed by atoms with Crippen LogP contribution in [0, 0.1) is 13.8 Å². The summed E-state index contributed by atoms with van der Waals surface area (Å²) >= 11 is 3.01. The smallest absolute Gasteiger partial charge is 0.261 e. The van der Waals surface area contributed by atoms with Gasteiger partial charge in [-0.05, 0) is 31.4 Å². The van der Waals surface area contributed by atoms with Crippen LogP contribution in [-0.4, -0.2) is 27.2 Å². The minimum Gasteiger partial charge on any atom is -0.351 e. The van der Waals surface area contributed by atoms with Crippen LogP contribution < -0.4 is 5.32 Å². The van der Waals surface area contributed by atoms with E-state index in [1.807, 2.05) is 47.5 Å². The Balaban J connectivity index is 1.58. The van der Waals surface area contributed by atoms with Crippen LogP contribution in [0.1, 0.15) is 26.8 Å². The Morgan fingerprint density at radius 3 is 2.91 bits per heavy atom. The minimum absolute atomic E-state index is 0.0241. The Labute approximate surface area is 136 Å². The third-order valence-electron chi connectivity index (χ3n) is 3.14. The number of amides is 1. The number of aromatic nitrogens is 3. The summed E-state index contributed by atoms with van der Waals surface area (Å²) in [5.41, 5.74) is 3.03. The number of thiazole rings is 1. The van der Waals surface area contributed by atoms with Crippen LogP contribution in [0.25, 0.3) is 5.13 Å². The van der Waals surface area contributed by atoms with Crippen molar-refractivity contribution >= 4 is 28.6 Å². The van der Waals surface area contributed by atoms with Crippen LogP contribution in [0.2, 0.25) is 0 Å². The number of carbonyl (C=O) groups excluding carboxylic acids is 1. The first-order valence-corrected chi connectivity index (χ1v) is 8.69. The molecule has 22 heavy (non-hydrogen) atoms. The number of rotatable bonds is 5. The van der Waals surface area contributed by atoms with Crippen molar-refractivity contribution in [3.05, 3.63) is 50.9 Å². The lowest BCUT2D eigenvalue weighted by atomic mass is 10.3. The quantitative estimate of drug-likeness (QED) is 0.781. The van der Waals surface area contributed by atoms with Gasteiger partial charge in [-0.2, -0.15) is 5.10 Å². The number of aryl methyl sites for hydroxylation is 2. The number of carbonyl (C=O) groups is 1. The predicted octanol–water partition coefficient (Wildman–Crippen LogP) is 2.98. The zero-order valence-electron chi connectivity index (χ0n) is 12.4. The first-order chi connectivity index (χ1) is 10.6. The molecule has 0 aliphatic rings. The van der Waals surface area contributed by atoms with Crippen molar-refractivity contribution in [3.8, 4) is 5.13 Å². The summed E-state index contributed by atoms with van der Waals surface area (Å²) in [7, 11) is 0. The Bertz CT molecular complexity index is 773. The highest BCUT2D eigenvalue weighted by Gasteiger charge is 2.09. The normalized spacial score (nSPS) is 10.8. The van der Waals surface area contributed by atoms with E-state index in [9.17, 15) is 4.79 Å². The maximum Gasteiger partial charge on any atom is 0.261 e. The Morgan fingerprint density at radius 2 is 2.23 bits per heavy atom. The molecule has 0 aliphatic heterocycles. The summed E-state index contributed by atoms with van der Waals surface area (Å²) in [5.74, 6) is -0.0241. The van der Waals surface area contributed by atoms with Gasteiger partial charge >= 0.3 is 0 Å². The molecule has 7 heteroatoms. The van der Waals surface area contributed by atoms with Gasteiger partial charge in [0.2, 0.25) is 5.13 Å². The lowest BCUT2D eigenvalue weighted by Gasteiger charge is -2.01.